The molecule has 5 rings (SSSR count). The van der Waals surface area contributed by atoms with Gasteiger partial charge in [0.05, 0.1) is 52.3 Å². The fraction of sp³-hybridized carbons (Fsp3) is 0.107. The molecule has 3 aromatic heterocycles. The molecule has 0 unspecified atom stereocenters. The summed E-state index contributed by atoms with van der Waals surface area (Å²) in [5.74, 6) is 0.0541. The number of benzene rings is 2. The van der Waals surface area contributed by atoms with Crippen molar-refractivity contribution in [2.75, 3.05) is 16.4 Å². The zero-order valence-corrected chi connectivity index (χ0v) is 23.0. The fourth-order valence-corrected chi connectivity index (χ4v) is 4.00. The van der Waals surface area contributed by atoms with Crippen molar-refractivity contribution in [3.63, 3.8) is 0 Å². The number of ether oxygens (including phenoxy) is 1. The van der Waals surface area contributed by atoms with Gasteiger partial charge >= 0.3 is 30.6 Å². The Morgan fingerprint density at radius 2 is 1.36 bits per heavy atom. The van der Waals surface area contributed by atoms with E-state index in [0.29, 0.717) is 41.0 Å². The average molecular weight is 668 g/mol. The van der Waals surface area contributed by atoms with Crippen molar-refractivity contribution in [1.82, 2.24) is 24.7 Å². The van der Waals surface area contributed by atoms with Crippen LogP contribution >= 0.6 is 0 Å². The molecule has 4 N–H and O–H groups in total. The summed E-state index contributed by atoms with van der Waals surface area (Å²) in [6.07, 6.45) is -10.4. The average Bonchev–Trinajstić information content (AvgIpc) is 3.49. The number of carbonyl (C=O) groups excluding carboxylic acids is 1. The van der Waals surface area contributed by atoms with Crippen LogP contribution < -0.4 is 21.1 Å². The van der Waals surface area contributed by atoms with Crippen LogP contribution in [0.15, 0.2) is 79.5 Å². The minimum absolute atomic E-state index is 0.0456. The molecule has 0 radical (unpaired) electrons. The maximum absolute atomic E-state index is 13.3. The van der Waals surface area contributed by atoms with Crippen molar-refractivity contribution < 1.29 is 49.0 Å². The van der Waals surface area contributed by atoms with E-state index in [1.165, 1.54) is 24.3 Å². The predicted octanol–water partition coefficient (Wildman–Crippen LogP) is 7.80. The standard InChI is InChI=1S/C28H17F9N8O2/c29-26(30,31)15-3-6-22(45-13-17(10-42-45)28(35,36)37)21(8-15)44-24(46)43-18-11-40-25(41-12-18)47-19-4-1-14(2-5-19)20-7-16(27(32,33)34)9-39-23(20)38/h1-13H,(H2,38,39)(H2,43,44,46). The monoisotopic (exact) mass is 668 g/mol. The Morgan fingerprint density at radius 1 is 0.723 bits per heavy atom. The van der Waals surface area contributed by atoms with E-state index in [2.05, 4.69) is 30.7 Å². The second kappa shape index (κ2) is 12.1. The van der Waals surface area contributed by atoms with Gasteiger partial charge in [-0.2, -0.15) is 44.6 Å². The largest absolute Gasteiger partial charge is 0.424 e. The molecule has 5 aromatic rings. The van der Waals surface area contributed by atoms with Crippen LogP contribution in [0.1, 0.15) is 16.7 Å². The topological polar surface area (TPSA) is 133 Å². The Balaban J connectivity index is 1.27. The second-order valence-electron chi connectivity index (χ2n) is 9.52. The number of hydrogen-bond acceptors (Lipinski definition) is 7. The van der Waals surface area contributed by atoms with Crippen LogP contribution in [0.3, 0.4) is 0 Å². The maximum Gasteiger partial charge on any atom is 0.419 e. The van der Waals surface area contributed by atoms with Gasteiger partial charge in [-0.1, -0.05) is 12.1 Å². The number of carbonyl (C=O) groups is 1. The molecule has 47 heavy (non-hydrogen) atoms. The van der Waals surface area contributed by atoms with Gasteiger partial charge in [-0.05, 0) is 42.0 Å². The summed E-state index contributed by atoms with van der Waals surface area (Å²) >= 11 is 0. The number of pyridine rings is 1. The number of aromatic nitrogens is 5. The van der Waals surface area contributed by atoms with Crippen molar-refractivity contribution >= 4 is 23.2 Å². The van der Waals surface area contributed by atoms with E-state index < -0.39 is 46.9 Å². The summed E-state index contributed by atoms with van der Waals surface area (Å²) < 4.78 is 124. The molecule has 0 bridgehead atoms. The smallest absolute Gasteiger partial charge is 0.419 e. The summed E-state index contributed by atoms with van der Waals surface area (Å²) in [4.78, 5) is 24.0. The first-order valence-electron chi connectivity index (χ1n) is 12.8. The van der Waals surface area contributed by atoms with Gasteiger partial charge in [0.2, 0.25) is 0 Å². The number of urea groups is 1. The summed E-state index contributed by atoms with van der Waals surface area (Å²) in [6.45, 7) is 0. The quantitative estimate of drug-likeness (QED) is 0.157. The van der Waals surface area contributed by atoms with Gasteiger partial charge in [-0.15, -0.1) is 0 Å². The summed E-state index contributed by atoms with van der Waals surface area (Å²) in [5.41, 5.74) is 1.91. The highest BCUT2D eigenvalue weighted by Gasteiger charge is 2.34. The Kier molecular flexibility index (Phi) is 8.40. The number of nitrogens with one attached hydrogen (secondary N) is 2. The molecule has 0 saturated heterocycles. The molecular formula is C28H17F9N8O2. The van der Waals surface area contributed by atoms with Crippen LogP contribution in [0.2, 0.25) is 0 Å². The molecule has 0 aliphatic rings. The molecule has 2 aromatic carbocycles. The van der Waals surface area contributed by atoms with Crippen LogP contribution in [-0.4, -0.2) is 30.8 Å². The summed E-state index contributed by atoms with van der Waals surface area (Å²) in [7, 11) is 0. The van der Waals surface area contributed by atoms with E-state index in [-0.39, 0.29) is 34.5 Å². The highest BCUT2D eigenvalue weighted by molar-refractivity contribution is 6.00. The molecule has 0 spiro atoms. The lowest BCUT2D eigenvalue weighted by atomic mass is 10.0. The van der Waals surface area contributed by atoms with Crippen LogP contribution in [0.5, 0.6) is 11.8 Å². The lowest BCUT2D eigenvalue weighted by Gasteiger charge is -2.15. The van der Waals surface area contributed by atoms with Gasteiger partial charge in [-0.3, -0.25) is 0 Å². The summed E-state index contributed by atoms with van der Waals surface area (Å²) in [5, 5.41) is 7.96. The first-order chi connectivity index (χ1) is 22.0. The van der Waals surface area contributed by atoms with Gasteiger partial charge in [0.25, 0.3) is 0 Å². The number of nitrogen functional groups attached to an aromatic ring is 1. The lowest BCUT2D eigenvalue weighted by molar-refractivity contribution is -0.138. The second-order valence-corrected chi connectivity index (χ2v) is 9.52. The van der Waals surface area contributed by atoms with Gasteiger partial charge in [0.1, 0.15) is 11.6 Å². The Hall–Kier alpha value is -5.88. The molecule has 2 amide bonds. The first-order valence-corrected chi connectivity index (χ1v) is 12.8. The molecule has 10 nitrogen and oxygen atoms in total. The number of anilines is 3. The van der Waals surface area contributed by atoms with Crippen molar-refractivity contribution in [3.05, 3.63) is 96.2 Å². The Labute approximate surface area is 257 Å². The lowest BCUT2D eigenvalue weighted by Crippen LogP contribution is -2.21. The van der Waals surface area contributed by atoms with Crippen LogP contribution in [-0.2, 0) is 18.5 Å². The van der Waals surface area contributed by atoms with Gasteiger partial charge in [0.15, 0.2) is 0 Å². The predicted molar refractivity (Wildman–Crippen MR) is 147 cm³/mol. The highest BCUT2D eigenvalue weighted by atomic mass is 19.4. The molecule has 0 aliphatic heterocycles. The normalized spacial score (nSPS) is 12.1. The van der Waals surface area contributed by atoms with E-state index >= 15 is 0 Å². The van der Waals surface area contributed by atoms with E-state index in [4.69, 9.17) is 10.5 Å². The molecule has 3 heterocycles. The van der Waals surface area contributed by atoms with Gasteiger partial charge < -0.3 is 21.1 Å². The number of halogens is 9. The number of hydrogen-bond donors (Lipinski definition) is 3. The van der Waals surface area contributed by atoms with E-state index in [1.54, 1.807) is 0 Å². The molecule has 19 heteroatoms. The number of nitrogens with zero attached hydrogens (tertiary/aromatic N) is 5. The summed E-state index contributed by atoms with van der Waals surface area (Å²) in [6, 6.07) is 7.21. The van der Waals surface area contributed by atoms with Crippen LogP contribution in [0.25, 0.3) is 16.8 Å². The number of amides is 2. The van der Waals surface area contributed by atoms with E-state index in [9.17, 15) is 44.3 Å². The third-order valence-corrected chi connectivity index (χ3v) is 6.24. The highest BCUT2D eigenvalue weighted by Crippen LogP contribution is 2.36. The van der Waals surface area contributed by atoms with Crippen molar-refractivity contribution in [2.24, 2.45) is 0 Å². The minimum atomic E-state index is -4.83. The number of rotatable bonds is 6. The molecule has 0 fully saturated rings. The molecular weight excluding hydrogens is 651 g/mol. The first kappa shape index (κ1) is 32.5. The van der Waals surface area contributed by atoms with Gasteiger partial charge in [0, 0.05) is 18.0 Å². The van der Waals surface area contributed by atoms with Crippen molar-refractivity contribution in [1.29, 1.82) is 0 Å². The third kappa shape index (κ3) is 7.68. The fourth-order valence-electron chi connectivity index (χ4n) is 4.00. The number of nitrogens with two attached hydrogens (primary N) is 1. The molecule has 244 valence electrons. The number of alkyl halides is 9. The zero-order valence-electron chi connectivity index (χ0n) is 23.0. The van der Waals surface area contributed by atoms with E-state index in [0.717, 1.165) is 24.5 Å². The zero-order chi connectivity index (χ0) is 34.1. The molecule has 0 saturated carbocycles. The molecule has 0 atom stereocenters. The Morgan fingerprint density at radius 3 is 1.96 bits per heavy atom. The van der Waals surface area contributed by atoms with Crippen molar-refractivity contribution in [2.45, 2.75) is 18.5 Å². The minimum Gasteiger partial charge on any atom is -0.424 e. The van der Waals surface area contributed by atoms with E-state index in [1.807, 2.05) is 0 Å². The third-order valence-electron chi connectivity index (χ3n) is 6.24. The van der Waals surface area contributed by atoms with Crippen molar-refractivity contribution in [3.8, 4) is 28.6 Å². The molecule has 0 aliphatic carbocycles. The Bertz CT molecular complexity index is 1900. The maximum atomic E-state index is 13.3. The van der Waals surface area contributed by atoms with Gasteiger partial charge in [-0.25, -0.2) is 24.4 Å². The van der Waals surface area contributed by atoms with Crippen LogP contribution in [0, 0.1) is 0 Å². The van der Waals surface area contributed by atoms with Crippen LogP contribution in [0.4, 0.5) is 61.5 Å². The SMILES string of the molecule is Nc1ncc(C(F)(F)F)cc1-c1ccc(Oc2ncc(NC(=O)Nc3cc(C(F)(F)F)ccc3-n3cc(C(F)(F)F)cn3)cn2)cc1.